The van der Waals surface area contributed by atoms with Gasteiger partial charge < -0.3 is 0 Å². The van der Waals surface area contributed by atoms with E-state index in [-0.39, 0.29) is 10.0 Å². The number of hydrogen-bond acceptors (Lipinski definition) is 5. The van der Waals surface area contributed by atoms with E-state index in [1.807, 2.05) is 32.0 Å². The molecule has 0 aliphatic heterocycles. The van der Waals surface area contributed by atoms with Crippen LogP contribution in [-0.4, -0.2) is 25.2 Å². The summed E-state index contributed by atoms with van der Waals surface area (Å²) in [5.74, 6) is 0. The van der Waals surface area contributed by atoms with Crippen molar-refractivity contribution in [3.05, 3.63) is 52.2 Å². The van der Waals surface area contributed by atoms with Crippen LogP contribution >= 0.6 is 23.4 Å². The molecule has 1 aromatic carbocycles. The largest absolute Gasteiger partial charge is 0.417 e. The molecule has 0 aliphatic rings. The lowest BCUT2D eigenvalue weighted by molar-refractivity contribution is -0.137. The maximum absolute atomic E-state index is 12.7. The fraction of sp³-hybridized carbons (Fsp3) is 0.200. The monoisotopic (exact) mass is 385 g/mol. The van der Waals surface area contributed by atoms with E-state index in [1.54, 1.807) is 0 Å². The maximum atomic E-state index is 12.7. The van der Waals surface area contributed by atoms with Gasteiger partial charge in [-0.25, -0.2) is 4.98 Å². The van der Waals surface area contributed by atoms with Gasteiger partial charge in [-0.05, 0) is 53.2 Å². The van der Waals surface area contributed by atoms with Gasteiger partial charge >= 0.3 is 6.18 Å². The highest BCUT2D eigenvalue weighted by molar-refractivity contribution is 7.99. The van der Waals surface area contributed by atoms with Crippen LogP contribution in [0.2, 0.25) is 5.02 Å². The van der Waals surface area contributed by atoms with Crippen molar-refractivity contribution < 1.29 is 13.2 Å². The van der Waals surface area contributed by atoms with Gasteiger partial charge in [0.15, 0.2) is 0 Å². The Balaban J connectivity index is 1.98. The Kier molecular flexibility index (Phi) is 4.70. The van der Waals surface area contributed by atoms with E-state index in [2.05, 4.69) is 20.5 Å². The van der Waals surface area contributed by atoms with Crippen molar-refractivity contribution in [3.8, 4) is 5.69 Å². The third-order valence-electron chi connectivity index (χ3n) is 3.41. The standard InChI is InChI=1S/C15H11ClF3N5S/c1-8-4-3-5-9(2)12(8)24-14(21-22-23-24)25-13-11(16)6-10(7-20-13)15(17,18)19/h3-7H,1-2H3. The molecule has 0 fully saturated rings. The summed E-state index contributed by atoms with van der Waals surface area (Å²) in [7, 11) is 0. The van der Waals surface area contributed by atoms with Crippen LogP contribution in [-0.2, 0) is 6.18 Å². The smallest absolute Gasteiger partial charge is 0.247 e. The Hall–Kier alpha value is -2.13. The van der Waals surface area contributed by atoms with Crippen LogP contribution < -0.4 is 0 Å². The third-order valence-corrected chi connectivity index (χ3v) is 4.77. The Morgan fingerprint density at radius 3 is 2.44 bits per heavy atom. The van der Waals surface area contributed by atoms with Gasteiger partial charge in [-0.15, -0.1) is 5.10 Å². The van der Waals surface area contributed by atoms with Gasteiger partial charge in [0.1, 0.15) is 5.03 Å². The molecule has 0 saturated carbocycles. The summed E-state index contributed by atoms with van der Waals surface area (Å²) in [5, 5.41) is 12.0. The Morgan fingerprint density at radius 2 is 1.84 bits per heavy atom. The molecule has 2 heterocycles. The van der Waals surface area contributed by atoms with E-state index < -0.39 is 11.7 Å². The van der Waals surface area contributed by atoms with Crippen LogP contribution in [0.15, 0.2) is 40.6 Å². The highest BCUT2D eigenvalue weighted by Gasteiger charge is 2.31. The highest BCUT2D eigenvalue weighted by atomic mass is 35.5. The molecule has 0 saturated heterocycles. The quantitative estimate of drug-likeness (QED) is 0.664. The number of benzene rings is 1. The fourth-order valence-corrected chi connectivity index (χ4v) is 3.27. The van der Waals surface area contributed by atoms with Gasteiger partial charge in [-0.2, -0.15) is 17.9 Å². The lowest BCUT2D eigenvalue weighted by Gasteiger charge is -2.11. The minimum absolute atomic E-state index is 0.115. The number of halogens is 4. The van der Waals surface area contributed by atoms with Crippen molar-refractivity contribution >= 4 is 23.4 Å². The molecule has 0 bridgehead atoms. The molecular weight excluding hydrogens is 375 g/mol. The first-order valence-electron chi connectivity index (χ1n) is 7.03. The lowest BCUT2D eigenvalue weighted by atomic mass is 10.1. The van der Waals surface area contributed by atoms with Crippen LogP contribution in [0.3, 0.4) is 0 Å². The maximum Gasteiger partial charge on any atom is 0.417 e. The highest BCUT2D eigenvalue weighted by Crippen LogP contribution is 2.36. The molecule has 0 aliphatic carbocycles. The number of nitrogens with zero attached hydrogens (tertiary/aromatic N) is 5. The first-order valence-corrected chi connectivity index (χ1v) is 8.22. The van der Waals surface area contributed by atoms with Gasteiger partial charge in [0.05, 0.1) is 16.3 Å². The molecule has 2 aromatic heterocycles. The Labute approximate surface area is 150 Å². The zero-order valence-electron chi connectivity index (χ0n) is 13.0. The zero-order chi connectivity index (χ0) is 18.2. The minimum atomic E-state index is -4.50. The first kappa shape index (κ1) is 17.7. The van der Waals surface area contributed by atoms with E-state index in [0.29, 0.717) is 5.16 Å². The van der Waals surface area contributed by atoms with Crippen molar-refractivity contribution in [3.63, 3.8) is 0 Å². The van der Waals surface area contributed by atoms with E-state index in [9.17, 15) is 13.2 Å². The summed E-state index contributed by atoms with van der Waals surface area (Å²) >= 11 is 6.95. The molecule has 0 N–H and O–H groups in total. The minimum Gasteiger partial charge on any atom is -0.247 e. The number of rotatable bonds is 3. The van der Waals surface area contributed by atoms with Gasteiger partial charge in [-0.1, -0.05) is 29.8 Å². The summed E-state index contributed by atoms with van der Waals surface area (Å²) in [6.07, 6.45) is -3.76. The molecule has 10 heteroatoms. The predicted octanol–water partition coefficient (Wildman–Crippen LogP) is 4.50. The number of aromatic nitrogens is 5. The summed E-state index contributed by atoms with van der Waals surface area (Å²) in [4.78, 5) is 3.80. The lowest BCUT2D eigenvalue weighted by Crippen LogP contribution is -2.06. The van der Waals surface area contributed by atoms with Crippen molar-refractivity contribution in [1.82, 2.24) is 25.2 Å². The molecule has 0 spiro atoms. The van der Waals surface area contributed by atoms with Crippen LogP contribution in [0.4, 0.5) is 13.2 Å². The van der Waals surface area contributed by atoms with Crippen LogP contribution in [0.1, 0.15) is 16.7 Å². The summed E-state index contributed by atoms with van der Waals surface area (Å²) in [6.45, 7) is 3.84. The van der Waals surface area contributed by atoms with E-state index >= 15 is 0 Å². The van der Waals surface area contributed by atoms with Crippen LogP contribution in [0.5, 0.6) is 0 Å². The second-order valence-corrected chi connectivity index (χ2v) is 6.59. The number of aryl methyl sites for hydroxylation is 2. The average Bonchev–Trinajstić information content (AvgIpc) is 2.96. The molecule has 0 unspecified atom stereocenters. The van der Waals surface area contributed by atoms with Crippen molar-refractivity contribution in [2.24, 2.45) is 0 Å². The molecule has 3 rings (SSSR count). The van der Waals surface area contributed by atoms with Gasteiger partial charge in [0, 0.05) is 6.20 Å². The zero-order valence-corrected chi connectivity index (χ0v) is 14.6. The van der Waals surface area contributed by atoms with Crippen LogP contribution in [0, 0.1) is 13.8 Å². The molecule has 3 aromatic rings. The molecule has 0 amide bonds. The fourth-order valence-electron chi connectivity index (χ4n) is 2.26. The van der Waals surface area contributed by atoms with E-state index in [4.69, 9.17) is 11.6 Å². The summed E-state index contributed by atoms with van der Waals surface area (Å²) < 4.78 is 39.6. The SMILES string of the molecule is Cc1cccc(C)c1-n1nnnc1Sc1ncc(C(F)(F)F)cc1Cl. The molecule has 0 radical (unpaired) electrons. The van der Waals surface area contributed by atoms with Crippen LogP contribution in [0.25, 0.3) is 5.69 Å². The molecule has 0 atom stereocenters. The Morgan fingerprint density at radius 1 is 1.16 bits per heavy atom. The van der Waals surface area contributed by atoms with Gasteiger partial charge in [-0.3, -0.25) is 0 Å². The second-order valence-electron chi connectivity index (χ2n) is 5.22. The van der Waals surface area contributed by atoms with Crippen molar-refractivity contribution in [2.45, 2.75) is 30.2 Å². The third kappa shape index (κ3) is 3.62. The number of hydrogen-bond donors (Lipinski definition) is 0. The van der Waals surface area contributed by atoms with Crippen molar-refractivity contribution in [1.29, 1.82) is 0 Å². The molecule has 130 valence electrons. The summed E-state index contributed by atoms with van der Waals surface area (Å²) in [6, 6.07) is 6.59. The van der Waals surface area contributed by atoms with Crippen molar-refractivity contribution in [2.75, 3.05) is 0 Å². The second kappa shape index (κ2) is 6.64. The topological polar surface area (TPSA) is 56.5 Å². The average molecular weight is 386 g/mol. The number of pyridine rings is 1. The van der Waals surface area contributed by atoms with E-state index in [1.165, 1.54) is 4.68 Å². The van der Waals surface area contributed by atoms with Gasteiger partial charge in [0.2, 0.25) is 5.16 Å². The Bertz CT molecular complexity index is 906. The first-order chi connectivity index (χ1) is 11.8. The molecule has 25 heavy (non-hydrogen) atoms. The number of alkyl halides is 3. The van der Waals surface area contributed by atoms with E-state index in [0.717, 1.165) is 40.8 Å². The molecular formula is C15H11ClF3N5S. The summed E-state index contributed by atoms with van der Waals surface area (Å²) in [5.41, 5.74) is 1.82. The molecule has 5 nitrogen and oxygen atoms in total. The normalized spacial score (nSPS) is 11.8. The number of tetrazole rings is 1. The predicted molar refractivity (Wildman–Crippen MR) is 87.0 cm³/mol. The number of para-hydroxylation sites is 1. The van der Waals surface area contributed by atoms with Gasteiger partial charge in [0.25, 0.3) is 0 Å².